The molecule has 7 heteroatoms. The van der Waals surface area contributed by atoms with Gasteiger partial charge in [0.05, 0.1) is 30.0 Å². The zero-order valence-electron chi connectivity index (χ0n) is 24.3. The third kappa shape index (κ3) is 3.59. The molecule has 0 spiro atoms. The average Bonchev–Trinajstić information content (AvgIpc) is 3.30. The first-order valence-electron chi connectivity index (χ1n) is 15.1. The number of imide groups is 1. The first-order chi connectivity index (χ1) is 20.5. The Hall–Kier alpha value is -3.97. The van der Waals surface area contributed by atoms with E-state index >= 15 is 0 Å². The minimum atomic E-state index is -1.14. The Labute approximate surface area is 247 Å². The lowest BCUT2D eigenvalue weighted by atomic mass is 9.42. The molecule has 0 aromatic heterocycles. The van der Waals surface area contributed by atoms with Crippen molar-refractivity contribution in [1.82, 2.24) is 9.80 Å². The van der Waals surface area contributed by atoms with Crippen LogP contribution in [0.5, 0.6) is 5.75 Å². The lowest BCUT2D eigenvalue weighted by molar-refractivity contribution is -0.140. The minimum absolute atomic E-state index is 0.131. The molecule has 3 aromatic carbocycles. The largest absolute Gasteiger partial charge is 0.495 e. The Morgan fingerprint density at radius 2 is 1.31 bits per heavy atom. The predicted molar refractivity (Wildman–Crippen MR) is 161 cm³/mol. The summed E-state index contributed by atoms with van der Waals surface area (Å²) in [6.07, 6.45) is 2.59. The molecule has 3 aromatic rings. The van der Waals surface area contributed by atoms with E-state index in [9.17, 15) is 14.4 Å². The topological polar surface area (TPSA) is 70.2 Å². The van der Waals surface area contributed by atoms with E-state index in [0.717, 1.165) is 85.5 Å². The van der Waals surface area contributed by atoms with Gasteiger partial charge in [0, 0.05) is 38.1 Å². The smallest absolute Gasteiger partial charge is 0.234 e. The summed E-state index contributed by atoms with van der Waals surface area (Å²) in [5.41, 5.74) is 3.06. The van der Waals surface area contributed by atoms with Crippen LogP contribution in [0.3, 0.4) is 0 Å². The molecule has 0 radical (unpaired) electrons. The highest BCUT2D eigenvalue weighted by molar-refractivity contribution is 6.11. The van der Waals surface area contributed by atoms with E-state index in [4.69, 9.17) is 4.74 Å². The summed E-state index contributed by atoms with van der Waals surface area (Å²) in [6, 6.07) is 24.0. The number of benzene rings is 3. The van der Waals surface area contributed by atoms with Gasteiger partial charge < -0.3 is 14.4 Å². The molecule has 0 saturated carbocycles. The number of nitrogens with zero attached hydrogens (tertiary/aromatic N) is 3. The number of amides is 2. The fourth-order valence-corrected chi connectivity index (χ4v) is 8.45. The van der Waals surface area contributed by atoms with Crippen LogP contribution in [0.2, 0.25) is 0 Å². The maximum absolute atomic E-state index is 14.1. The molecular weight excluding hydrogens is 526 g/mol. The van der Waals surface area contributed by atoms with E-state index < -0.39 is 22.7 Å². The van der Waals surface area contributed by atoms with Gasteiger partial charge in [-0.05, 0) is 53.8 Å². The molecule has 2 unspecified atom stereocenters. The van der Waals surface area contributed by atoms with E-state index in [-0.39, 0.29) is 11.8 Å². The van der Waals surface area contributed by atoms with Crippen molar-refractivity contribution in [2.24, 2.45) is 11.8 Å². The molecule has 3 aliphatic carbocycles. The summed E-state index contributed by atoms with van der Waals surface area (Å²) in [7, 11) is 1.71. The molecule has 5 aliphatic rings. The summed E-state index contributed by atoms with van der Waals surface area (Å²) in [4.78, 5) is 47.7. The first-order valence-corrected chi connectivity index (χ1v) is 15.1. The molecular formula is C35H37N3O4. The van der Waals surface area contributed by atoms with E-state index in [1.54, 1.807) is 7.11 Å². The first kappa shape index (κ1) is 26.9. The van der Waals surface area contributed by atoms with Gasteiger partial charge in [-0.2, -0.15) is 0 Å². The van der Waals surface area contributed by atoms with Gasteiger partial charge in [0.25, 0.3) is 0 Å². The Kier molecular flexibility index (Phi) is 6.46. The second kappa shape index (κ2) is 10.1. The Bertz CT molecular complexity index is 1510. The number of carbonyl (C=O) groups is 3. The summed E-state index contributed by atoms with van der Waals surface area (Å²) >= 11 is 0. The van der Waals surface area contributed by atoms with Crippen LogP contribution >= 0.6 is 0 Å². The third-order valence-corrected chi connectivity index (χ3v) is 10.5. The number of carbonyl (C=O) groups excluding carboxylic acids is 3. The van der Waals surface area contributed by atoms with Crippen LogP contribution in [0.15, 0.2) is 72.8 Å². The van der Waals surface area contributed by atoms with E-state index in [1.165, 1.54) is 4.90 Å². The van der Waals surface area contributed by atoms with Crippen LogP contribution in [0.4, 0.5) is 5.69 Å². The molecule has 2 heterocycles. The zero-order valence-corrected chi connectivity index (χ0v) is 24.3. The molecule has 2 fully saturated rings. The second-order valence-corrected chi connectivity index (χ2v) is 12.3. The van der Waals surface area contributed by atoms with Crippen molar-refractivity contribution in [3.63, 3.8) is 0 Å². The number of likely N-dealkylation sites (tertiary alicyclic amines) is 1. The summed E-state index contributed by atoms with van der Waals surface area (Å²) in [5, 5.41) is 0. The monoisotopic (exact) mass is 563 g/mol. The van der Waals surface area contributed by atoms with Crippen LogP contribution in [-0.4, -0.2) is 74.3 Å². The quantitative estimate of drug-likeness (QED) is 0.234. The molecule has 42 heavy (non-hydrogen) atoms. The van der Waals surface area contributed by atoms with Gasteiger partial charge in [-0.15, -0.1) is 0 Å². The number of anilines is 1. The van der Waals surface area contributed by atoms with Gasteiger partial charge in [-0.3, -0.25) is 19.4 Å². The number of hydrogen-bond donors (Lipinski definition) is 0. The maximum atomic E-state index is 14.1. The third-order valence-electron chi connectivity index (χ3n) is 10.5. The number of methoxy groups -OCH3 is 1. The molecule has 2 aliphatic heterocycles. The normalized spacial score (nSPS) is 28.0. The lowest BCUT2D eigenvalue weighted by Crippen LogP contribution is -2.61. The number of para-hydroxylation sites is 2. The van der Waals surface area contributed by atoms with Gasteiger partial charge in [-0.1, -0.05) is 67.6 Å². The van der Waals surface area contributed by atoms with E-state index in [1.807, 2.05) is 66.7 Å². The van der Waals surface area contributed by atoms with Crippen LogP contribution in [-0.2, 0) is 25.2 Å². The Balaban J connectivity index is 1.05. The number of ether oxygens (including phenoxy) is 1. The average molecular weight is 564 g/mol. The lowest BCUT2D eigenvalue weighted by Gasteiger charge is -2.56. The standard InChI is InChI=1S/C35H37N3O4/c1-34-24-11-3-5-13-26(24)35(23-39,27-14-6-4-12-25(27)34)31-30(34)32(40)38(33(31)41)18-10-9-17-36-19-21-37(22-20-36)28-15-7-8-16-29(28)42-2/h3-8,11-16,23,30-31H,9-10,17-22H2,1-2H3. The SMILES string of the molecule is COc1ccccc1N1CCN(CCCCN2C(=O)C3C(C2=O)C2(C=O)c4ccccc4C3(C)c3ccccc32)CC1. The molecule has 0 N–H and O–H groups in total. The molecule has 2 atom stereocenters. The second-order valence-electron chi connectivity index (χ2n) is 12.3. The highest BCUT2D eigenvalue weighted by atomic mass is 16.5. The van der Waals surface area contributed by atoms with Gasteiger partial charge in [0.1, 0.15) is 12.0 Å². The van der Waals surface area contributed by atoms with Crippen LogP contribution in [0.1, 0.15) is 42.0 Å². The Morgan fingerprint density at radius 1 is 0.762 bits per heavy atom. The number of rotatable bonds is 8. The van der Waals surface area contributed by atoms with E-state index in [2.05, 4.69) is 22.8 Å². The molecule has 7 nitrogen and oxygen atoms in total. The van der Waals surface area contributed by atoms with Crippen molar-refractivity contribution in [2.75, 3.05) is 51.3 Å². The van der Waals surface area contributed by atoms with Crippen molar-refractivity contribution in [3.8, 4) is 5.75 Å². The van der Waals surface area contributed by atoms with Crippen molar-refractivity contribution in [2.45, 2.75) is 30.6 Å². The number of piperazine rings is 1. The van der Waals surface area contributed by atoms with E-state index in [0.29, 0.717) is 6.54 Å². The summed E-state index contributed by atoms with van der Waals surface area (Å²) in [5.74, 6) is -0.717. The predicted octanol–water partition coefficient (Wildman–Crippen LogP) is 4.02. The highest BCUT2D eigenvalue weighted by Gasteiger charge is 2.72. The summed E-state index contributed by atoms with van der Waals surface area (Å²) < 4.78 is 5.55. The highest BCUT2D eigenvalue weighted by Crippen LogP contribution is 2.65. The number of hydrogen-bond acceptors (Lipinski definition) is 6. The molecule has 216 valence electrons. The van der Waals surface area contributed by atoms with Crippen molar-refractivity contribution >= 4 is 23.8 Å². The maximum Gasteiger partial charge on any atom is 0.234 e. The summed E-state index contributed by atoms with van der Waals surface area (Å²) in [6.45, 7) is 7.19. The molecule has 8 rings (SSSR count). The molecule has 2 amide bonds. The van der Waals surface area contributed by atoms with Gasteiger partial charge in [0.15, 0.2) is 0 Å². The van der Waals surface area contributed by atoms with Gasteiger partial charge in [-0.25, -0.2) is 0 Å². The minimum Gasteiger partial charge on any atom is -0.495 e. The number of aldehydes is 1. The number of unbranched alkanes of at least 4 members (excludes halogenated alkanes) is 1. The molecule has 2 saturated heterocycles. The zero-order chi connectivity index (χ0) is 29.1. The molecule has 2 bridgehead atoms. The van der Waals surface area contributed by atoms with Crippen LogP contribution < -0.4 is 9.64 Å². The van der Waals surface area contributed by atoms with Gasteiger partial charge in [0.2, 0.25) is 11.8 Å². The Morgan fingerprint density at radius 3 is 1.93 bits per heavy atom. The van der Waals surface area contributed by atoms with Crippen molar-refractivity contribution in [1.29, 1.82) is 0 Å². The fourth-order valence-electron chi connectivity index (χ4n) is 8.45. The fraction of sp³-hybridized carbons (Fsp3) is 0.400. The van der Waals surface area contributed by atoms with Crippen molar-refractivity contribution < 1.29 is 19.1 Å². The van der Waals surface area contributed by atoms with Crippen LogP contribution in [0, 0.1) is 11.8 Å². The van der Waals surface area contributed by atoms with Gasteiger partial charge >= 0.3 is 0 Å². The van der Waals surface area contributed by atoms with Crippen molar-refractivity contribution in [3.05, 3.63) is 95.1 Å². The van der Waals surface area contributed by atoms with Crippen LogP contribution in [0.25, 0.3) is 0 Å².